The molecule has 1 unspecified atom stereocenters. The van der Waals surface area contributed by atoms with E-state index in [1.807, 2.05) is 20.9 Å². The Kier molecular flexibility index (Phi) is 4.69. The second-order valence-electron chi connectivity index (χ2n) is 3.59. The zero-order chi connectivity index (χ0) is 8.91. The second kappa shape index (κ2) is 4.73. The molecule has 2 heteroatoms. The molecule has 0 bridgehead atoms. The molecule has 2 nitrogen and oxygen atoms in total. The molecule has 1 atom stereocenters. The van der Waals surface area contributed by atoms with Crippen LogP contribution in [0.3, 0.4) is 0 Å². The monoisotopic (exact) mass is 159 g/mol. The van der Waals surface area contributed by atoms with Gasteiger partial charge in [0.25, 0.3) is 0 Å². The van der Waals surface area contributed by atoms with E-state index < -0.39 is 5.60 Å². The van der Waals surface area contributed by atoms with Gasteiger partial charge in [-0.1, -0.05) is 13.8 Å². The number of hydrogen-bond donors (Lipinski definition) is 1. The van der Waals surface area contributed by atoms with E-state index in [-0.39, 0.29) is 0 Å². The minimum Gasteiger partial charge on any atom is -0.389 e. The molecule has 0 radical (unpaired) electrons. The zero-order valence-corrected chi connectivity index (χ0v) is 8.22. The van der Waals surface area contributed by atoms with Gasteiger partial charge < -0.3 is 10.0 Å². The first-order valence-corrected chi connectivity index (χ1v) is 4.42. The number of hydrogen-bond acceptors (Lipinski definition) is 2. The van der Waals surface area contributed by atoms with E-state index in [4.69, 9.17) is 0 Å². The van der Waals surface area contributed by atoms with Crippen molar-refractivity contribution < 1.29 is 5.11 Å². The molecule has 11 heavy (non-hydrogen) atoms. The fourth-order valence-electron chi connectivity index (χ4n) is 1.15. The van der Waals surface area contributed by atoms with Crippen LogP contribution in [0.25, 0.3) is 0 Å². The number of likely N-dealkylation sites (N-methyl/N-ethyl adjacent to an activating group) is 1. The van der Waals surface area contributed by atoms with E-state index in [1.165, 1.54) is 0 Å². The Morgan fingerprint density at radius 3 is 2.27 bits per heavy atom. The van der Waals surface area contributed by atoms with Crippen LogP contribution in [0.1, 0.15) is 33.6 Å². The Morgan fingerprint density at radius 2 is 1.91 bits per heavy atom. The minimum absolute atomic E-state index is 0.510. The summed E-state index contributed by atoms with van der Waals surface area (Å²) in [6.45, 7) is 7.89. The Labute approximate surface area is 70.2 Å². The summed E-state index contributed by atoms with van der Waals surface area (Å²) < 4.78 is 0. The molecule has 0 aliphatic heterocycles. The van der Waals surface area contributed by atoms with Gasteiger partial charge in [-0.3, -0.25) is 0 Å². The minimum atomic E-state index is -0.510. The van der Waals surface area contributed by atoms with E-state index in [1.54, 1.807) is 0 Å². The van der Waals surface area contributed by atoms with Gasteiger partial charge in [0, 0.05) is 6.54 Å². The molecule has 0 aromatic rings. The molecule has 0 saturated carbocycles. The van der Waals surface area contributed by atoms with Gasteiger partial charge in [0.05, 0.1) is 5.60 Å². The zero-order valence-electron chi connectivity index (χ0n) is 8.22. The Bertz CT molecular complexity index is 102. The van der Waals surface area contributed by atoms with Crippen LogP contribution >= 0.6 is 0 Å². The van der Waals surface area contributed by atoms with Crippen LogP contribution < -0.4 is 0 Å². The van der Waals surface area contributed by atoms with E-state index in [9.17, 15) is 5.11 Å². The van der Waals surface area contributed by atoms with Gasteiger partial charge in [-0.15, -0.1) is 0 Å². The quantitative estimate of drug-likeness (QED) is 0.657. The van der Waals surface area contributed by atoms with Crippen LogP contribution in [0.2, 0.25) is 0 Å². The van der Waals surface area contributed by atoms with Crippen molar-refractivity contribution in [2.75, 3.05) is 20.1 Å². The Hall–Kier alpha value is -0.0800. The van der Waals surface area contributed by atoms with Crippen molar-refractivity contribution in [1.29, 1.82) is 0 Å². The summed E-state index contributed by atoms with van der Waals surface area (Å²) in [6.07, 6.45) is 1.97. The van der Waals surface area contributed by atoms with Crippen molar-refractivity contribution in [1.82, 2.24) is 4.90 Å². The average Bonchev–Trinajstić information content (AvgIpc) is 1.87. The molecule has 0 fully saturated rings. The molecule has 0 aromatic heterocycles. The summed E-state index contributed by atoms with van der Waals surface area (Å²) in [7, 11) is 2.05. The lowest BCUT2D eigenvalue weighted by molar-refractivity contribution is 0.0238. The molecular formula is C9H21NO. The summed E-state index contributed by atoms with van der Waals surface area (Å²) in [5.74, 6) is 0. The van der Waals surface area contributed by atoms with Crippen molar-refractivity contribution in [2.45, 2.75) is 39.2 Å². The lowest BCUT2D eigenvalue weighted by Gasteiger charge is -2.27. The van der Waals surface area contributed by atoms with E-state index in [0.717, 1.165) is 25.9 Å². The molecule has 0 heterocycles. The number of rotatable bonds is 5. The normalized spacial score (nSPS) is 16.9. The standard InChI is InChI=1S/C9H21NO/c1-5-7-10(4)8-9(3,11)6-2/h11H,5-8H2,1-4H3. The fraction of sp³-hybridized carbons (Fsp3) is 1.00. The van der Waals surface area contributed by atoms with Gasteiger partial charge in [0.15, 0.2) is 0 Å². The maximum atomic E-state index is 9.68. The third-order valence-corrected chi connectivity index (χ3v) is 1.98. The SMILES string of the molecule is CCCN(C)CC(C)(O)CC. The molecular weight excluding hydrogens is 138 g/mol. The van der Waals surface area contributed by atoms with Crippen molar-refractivity contribution in [3.05, 3.63) is 0 Å². The van der Waals surface area contributed by atoms with Crippen molar-refractivity contribution in [2.24, 2.45) is 0 Å². The van der Waals surface area contributed by atoms with Crippen molar-refractivity contribution in [3.8, 4) is 0 Å². The fourth-order valence-corrected chi connectivity index (χ4v) is 1.15. The van der Waals surface area contributed by atoms with Gasteiger partial charge in [-0.05, 0) is 33.4 Å². The van der Waals surface area contributed by atoms with Gasteiger partial charge in [0.1, 0.15) is 0 Å². The first-order chi connectivity index (χ1) is 5.02. The predicted molar refractivity (Wildman–Crippen MR) is 48.7 cm³/mol. The molecule has 0 rings (SSSR count). The van der Waals surface area contributed by atoms with Crippen LogP contribution in [-0.4, -0.2) is 35.7 Å². The number of nitrogens with zero attached hydrogens (tertiary/aromatic N) is 1. The summed E-state index contributed by atoms with van der Waals surface area (Å²) in [5.41, 5.74) is -0.510. The van der Waals surface area contributed by atoms with Gasteiger partial charge in [-0.2, -0.15) is 0 Å². The summed E-state index contributed by atoms with van der Waals surface area (Å²) in [4.78, 5) is 2.17. The largest absolute Gasteiger partial charge is 0.389 e. The lowest BCUT2D eigenvalue weighted by Crippen LogP contribution is -2.38. The first-order valence-electron chi connectivity index (χ1n) is 4.42. The highest BCUT2D eigenvalue weighted by molar-refractivity contribution is 4.73. The van der Waals surface area contributed by atoms with Crippen molar-refractivity contribution >= 4 is 0 Å². The van der Waals surface area contributed by atoms with Gasteiger partial charge in [-0.25, -0.2) is 0 Å². The molecule has 0 spiro atoms. The smallest absolute Gasteiger partial charge is 0.0743 e. The Morgan fingerprint density at radius 1 is 1.36 bits per heavy atom. The maximum Gasteiger partial charge on any atom is 0.0743 e. The van der Waals surface area contributed by atoms with E-state index >= 15 is 0 Å². The molecule has 0 aromatic carbocycles. The predicted octanol–water partition coefficient (Wildman–Crippen LogP) is 1.49. The molecule has 0 amide bonds. The maximum absolute atomic E-state index is 9.68. The highest BCUT2D eigenvalue weighted by Gasteiger charge is 2.18. The summed E-state index contributed by atoms with van der Waals surface area (Å²) in [5, 5.41) is 9.68. The van der Waals surface area contributed by atoms with E-state index in [2.05, 4.69) is 11.8 Å². The van der Waals surface area contributed by atoms with Gasteiger partial charge >= 0.3 is 0 Å². The van der Waals surface area contributed by atoms with Crippen LogP contribution in [-0.2, 0) is 0 Å². The molecule has 0 saturated heterocycles. The van der Waals surface area contributed by atoms with Crippen LogP contribution in [0.5, 0.6) is 0 Å². The molecule has 0 aliphatic carbocycles. The first kappa shape index (κ1) is 10.9. The van der Waals surface area contributed by atoms with Crippen molar-refractivity contribution in [3.63, 3.8) is 0 Å². The molecule has 0 aliphatic rings. The third-order valence-electron chi connectivity index (χ3n) is 1.98. The average molecular weight is 159 g/mol. The third kappa shape index (κ3) is 5.22. The lowest BCUT2D eigenvalue weighted by atomic mass is 10.0. The molecule has 68 valence electrons. The second-order valence-corrected chi connectivity index (χ2v) is 3.59. The summed E-state index contributed by atoms with van der Waals surface area (Å²) in [6, 6.07) is 0. The van der Waals surface area contributed by atoms with E-state index in [0.29, 0.717) is 0 Å². The van der Waals surface area contributed by atoms with Crippen LogP contribution in [0.15, 0.2) is 0 Å². The van der Waals surface area contributed by atoms with Crippen LogP contribution in [0, 0.1) is 0 Å². The number of aliphatic hydroxyl groups is 1. The topological polar surface area (TPSA) is 23.5 Å². The van der Waals surface area contributed by atoms with Gasteiger partial charge in [0.2, 0.25) is 0 Å². The van der Waals surface area contributed by atoms with Crippen LogP contribution in [0.4, 0.5) is 0 Å². The summed E-state index contributed by atoms with van der Waals surface area (Å²) >= 11 is 0. The molecule has 1 N–H and O–H groups in total. The highest BCUT2D eigenvalue weighted by Crippen LogP contribution is 2.09. The highest BCUT2D eigenvalue weighted by atomic mass is 16.3. The Balaban J connectivity index is 3.64.